The molecule has 29 heavy (non-hydrogen) atoms. The molecule has 0 spiro atoms. The second-order valence-corrected chi connectivity index (χ2v) is 10.3. The molecule has 15 heteroatoms. The Morgan fingerprint density at radius 2 is 1.17 bits per heavy atom. The SMILES string of the molecule is CNc1ccc(S(F)(F)(F)(F)F)cc1.O=CNc1cccc(S(F)(F)(F)(F)F)c1. The fraction of sp³-hybridized carbons (Fsp3) is 0.0714. The Bertz CT molecular complexity index is 897. The smallest absolute Gasteiger partial charge is 0.310 e. The summed E-state index contributed by atoms with van der Waals surface area (Å²) < 4.78 is 122. The highest BCUT2D eigenvalue weighted by Gasteiger charge is 2.66. The maximum Gasteiger partial charge on any atom is 0.310 e. The third-order valence-electron chi connectivity index (χ3n) is 3.09. The van der Waals surface area contributed by atoms with E-state index >= 15 is 0 Å². The number of nitrogens with one attached hydrogen (secondary N) is 2. The van der Waals surface area contributed by atoms with E-state index in [1.807, 2.05) is 5.32 Å². The second kappa shape index (κ2) is 6.10. The van der Waals surface area contributed by atoms with Crippen LogP contribution in [-0.4, -0.2) is 13.5 Å². The molecule has 2 aromatic carbocycles. The van der Waals surface area contributed by atoms with Crippen molar-refractivity contribution in [1.29, 1.82) is 0 Å². The fourth-order valence-electron chi connectivity index (χ4n) is 1.77. The molecule has 0 aliphatic rings. The summed E-state index contributed by atoms with van der Waals surface area (Å²) in [6.07, 6.45) is 0.102. The molecule has 168 valence electrons. The van der Waals surface area contributed by atoms with Gasteiger partial charge < -0.3 is 10.6 Å². The van der Waals surface area contributed by atoms with Crippen LogP contribution in [0.2, 0.25) is 0 Å². The van der Waals surface area contributed by atoms with E-state index in [1.165, 1.54) is 7.05 Å². The van der Waals surface area contributed by atoms with Crippen molar-refractivity contribution in [3.8, 4) is 0 Å². The molecule has 0 heterocycles. The van der Waals surface area contributed by atoms with Crippen molar-refractivity contribution in [1.82, 2.24) is 0 Å². The molecule has 0 aliphatic heterocycles. The van der Waals surface area contributed by atoms with Crippen LogP contribution in [-0.2, 0) is 4.79 Å². The van der Waals surface area contributed by atoms with E-state index in [1.54, 1.807) is 0 Å². The van der Waals surface area contributed by atoms with Crippen LogP contribution in [0.3, 0.4) is 0 Å². The molecule has 0 aromatic heterocycles. The predicted octanol–water partition coefficient (Wildman–Crippen LogP) is 8.30. The molecular formula is C14H14F10N2OS2. The van der Waals surface area contributed by atoms with Gasteiger partial charge in [0.15, 0.2) is 0 Å². The summed E-state index contributed by atoms with van der Waals surface area (Å²) in [6.45, 7) is 0. The number of amides is 1. The van der Waals surface area contributed by atoms with E-state index in [4.69, 9.17) is 0 Å². The van der Waals surface area contributed by atoms with E-state index in [-0.39, 0.29) is 24.2 Å². The number of benzene rings is 2. The molecule has 0 fully saturated rings. The summed E-state index contributed by atoms with van der Waals surface area (Å²) in [7, 11) is -17.7. The van der Waals surface area contributed by atoms with E-state index in [9.17, 15) is 43.7 Å². The highest BCUT2D eigenvalue weighted by molar-refractivity contribution is 8.46. The Balaban J connectivity index is 0.000000291. The molecule has 0 aliphatic carbocycles. The molecule has 0 atom stereocenters. The third kappa shape index (κ3) is 7.92. The first-order chi connectivity index (χ1) is 12.6. The van der Waals surface area contributed by atoms with Gasteiger partial charge in [-0.3, -0.25) is 4.79 Å². The van der Waals surface area contributed by atoms with Crippen molar-refractivity contribution in [2.75, 3.05) is 17.7 Å². The van der Waals surface area contributed by atoms with Crippen LogP contribution >= 0.6 is 20.4 Å². The maximum atomic E-state index is 12.3. The standard InChI is InChI=1S/C7H6F5NOS.C7H8F5NS/c8-15(9,10,11,12)7-3-1-2-6(4-7)13-5-14;1-13-6-2-4-7(5-3-6)14(8,9,10,11)12/h1-5H,(H,13,14);2-5,13H,1H3. The largest absolute Gasteiger partial charge is 0.388 e. The van der Waals surface area contributed by atoms with Crippen molar-refractivity contribution >= 4 is 38.2 Å². The van der Waals surface area contributed by atoms with Crippen LogP contribution in [0.5, 0.6) is 0 Å². The number of halogens is 10. The molecule has 3 nitrogen and oxygen atoms in total. The summed E-state index contributed by atoms with van der Waals surface area (Å²) in [5, 5.41) is 4.39. The number of hydrogen-bond donors (Lipinski definition) is 2. The Kier molecular flexibility index (Phi) is 5.21. The predicted molar refractivity (Wildman–Crippen MR) is 94.9 cm³/mol. The first-order valence-electron chi connectivity index (χ1n) is 7.12. The Morgan fingerprint density at radius 3 is 1.55 bits per heavy atom. The summed E-state index contributed by atoms with van der Waals surface area (Å²) in [5.74, 6) is 0. The van der Waals surface area contributed by atoms with E-state index < -0.39 is 30.2 Å². The van der Waals surface area contributed by atoms with Gasteiger partial charge in [0.05, 0.1) is 0 Å². The van der Waals surface area contributed by atoms with Crippen molar-refractivity contribution in [2.45, 2.75) is 9.79 Å². The highest BCUT2D eigenvalue weighted by Crippen LogP contribution is 3.02. The van der Waals surface area contributed by atoms with Crippen LogP contribution in [0.1, 0.15) is 0 Å². The quantitative estimate of drug-likeness (QED) is 0.334. The molecule has 2 rings (SSSR count). The average Bonchev–Trinajstić information content (AvgIpc) is 2.52. The van der Waals surface area contributed by atoms with Gasteiger partial charge in [0.25, 0.3) is 0 Å². The van der Waals surface area contributed by atoms with Gasteiger partial charge >= 0.3 is 20.4 Å². The average molecular weight is 480 g/mol. The number of carbonyl (C=O) groups excluding carboxylic acids is 1. The molecule has 0 saturated carbocycles. The summed E-state index contributed by atoms with van der Waals surface area (Å²) in [5.41, 5.74) is 0.00588. The van der Waals surface area contributed by atoms with Crippen molar-refractivity contribution < 1.29 is 43.7 Å². The van der Waals surface area contributed by atoms with Gasteiger partial charge in [-0.05, 0) is 42.5 Å². The molecule has 0 bridgehead atoms. The van der Waals surface area contributed by atoms with Gasteiger partial charge in [-0.25, -0.2) is 0 Å². The zero-order valence-electron chi connectivity index (χ0n) is 14.2. The summed E-state index contributed by atoms with van der Waals surface area (Å²) in [4.78, 5) is 6.03. The number of hydrogen-bond acceptors (Lipinski definition) is 2. The third-order valence-corrected chi connectivity index (χ3v) is 5.40. The van der Waals surface area contributed by atoms with Gasteiger partial charge in [0.2, 0.25) is 6.41 Å². The van der Waals surface area contributed by atoms with Crippen LogP contribution in [0.15, 0.2) is 58.3 Å². The van der Waals surface area contributed by atoms with Gasteiger partial charge in [-0.2, -0.15) is 0 Å². The lowest BCUT2D eigenvalue weighted by molar-refractivity contribution is -0.105. The maximum absolute atomic E-state index is 12.3. The van der Waals surface area contributed by atoms with Crippen LogP contribution in [0.25, 0.3) is 0 Å². The van der Waals surface area contributed by atoms with Crippen molar-refractivity contribution in [3.05, 3.63) is 48.5 Å². The van der Waals surface area contributed by atoms with Gasteiger partial charge in [-0.1, -0.05) is 44.9 Å². The normalized spacial score (nSPS) is 16.7. The molecule has 1 amide bonds. The minimum atomic E-state index is -9.65. The van der Waals surface area contributed by atoms with Crippen LogP contribution in [0.4, 0.5) is 50.2 Å². The topological polar surface area (TPSA) is 41.1 Å². The number of rotatable bonds is 5. The van der Waals surface area contributed by atoms with Gasteiger partial charge in [0, 0.05) is 18.4 Å². The van der Waals surface area contributed by atoms with Gasteiger partial charge in [-0.15, -0.1) is 0 Å². The van der Waals surface area contributed by atoms with E-state index in [2.05, 4.69) is 5.32 Å². The molecule has 0 unspecified atom stereocenters. The van der Waals surface area contributed by atoms with Gasteiger partial charge in [0.1, 0.15) is 9.79 Å². The second-order valence-electron chi connectivity index (χ2n) is 5.50. The zero-order valence-corrected chi connectivity index (χ0v) is 15.8. The summed E-state index contributed by atoms with van der Waals surface area (Å²) >= 11 is 0. The van der Waals surface area contributed by atoms with Crippen molar-refractivity contribution in [3.63, 3.8) is 0 Å². The zero-order chi connectivity index (χ0) is 22.9. The Labute approximate surface area is 158 Å². The molecule has 0 saturated heterocycles. The van der Waals surface area contributed by atoms with E-state index in [0.717, 1.165) is 24.3 Å². The highest BCUT2D eigenvalue weighted by atomic mass is 32.5. The Morgan fingerprint density at radius 1 is 0.690 bits per heavy atom. The molecule has 0 radical (unpaired) electrons. The lowest BCUT2D eigenvalue weighted by atomic mass is 10.3. The molecular weight excluding hydrogens is 466 g/mol. The number of anilines is 2. The molecule has 2 aromatic rings. The Hall–Kier alpha value is -2.29. The minimum absolute atomic E-state index is 0.102. The molecule has 2 N–H and O–H groups in total. The minimum Gasteiger partial charge on any atom is -0.388 e. The lowest BCUT2D eigenvalue weighted by Crippen LogP contribution is -2.06. The first kappa shape index (κ1) is 24.7. The fourth-order valence-corrected chi connectivity index (χ4v) is 3.11. The van der Waals surface area contributed by atoms with Crippen molar-refractivity contribution in [2.24, 2.45) is 0 Å². The number of carbonyl (C=O) groups is 1. The monoisotopic (exact) mass is 480 g/mol. The first-order valence-corrected chi connectivity index (χ1v) is 11.0. The summed E-state index contributed by atoms with van der Waals surface area (Å²) in [6, 6.07) is 4.95. The lowest BCUT2D eigenvalue weighted by Gasteiger charge is -2.40. The van der Waals surface area contributed by atoms with Crippen LogP contribution < -0.4 is 10.6 Å². The van der Waals surface area contributed by atoms with Crippen LogP contribution in [0, 0.1) is 0 Å². The van der Waals surface area contributed by atoms with E-state index in [0.29, 0.717) is 17.8 Å².